The van der Waals surface area contributed by atoms with Crippen molar-refractivity contribution in [3.8, 4) is 11.4 Å². The molecule has 0 spiro atoms. The van der Waals surface area contributed by atoms with E-state index in [1.165, 1.54) is 12.1 Å². The third-order valence-electron chi connectivity index (χ3n) is 3.00. The molecule has 2 aromatic rings. The molecule has 4 nitrogen and oxygen atoms in total. The molecule has 1 fully saturated rings. The van der Waals surface area contributed by atoms with E-state index in [9.17, 15) is 9.50 Å². The highest BCUT2D eigenvalue weighted by Gasteiger charge is 2.29. The third kappa shape index (κ3) is 1.89. The predicted octanol–water partition coefficient (Wildman–Crippen LogP) is 2.56. The molecule has 0 saturated heterocycles. The van der Waals surface area contributed by atoms with Gasteiger partial charge in [-0.05, 0) is 31.0 Å². The first-order chi connectivity index (χ1) is 8.70. The van der Waals surface area contributed by atoms with E-state index < -0.39 is 5.82 Å². The van der Waals surface area contributed by atoms with Crippen LogP contribution in [0.5, 0.6) is 0 Å². The molecule has 1 saturated carbocycles. The lowest BCUT2D eigenvalue weighted by atomic mass is 10.2. The molecule has 0 atom stereocenters. The van der Waals surface area contributed by atoms with Gasteiger partial charge in [-0.1, -0.05) is 11.6 Å². The molecule has 0 amide bonds. The molecule has 1 aliphatic carbocycles. The summed E-state index contributed by atoms with van der Waals surface area (Å²) in [6, 6.07) is 4.79. The van der Waals surface area contributed by atoms with E-state index in [1.807, 2.05) is 4.57 Å². The number of rotatable bonds is 3. The van der Waals surface area contributed by atoms with Gasteiger partial charge in [0.15, 0.2) is 11.6 Å². The Bertz CT molecular complexity index is 595. The van der Waals surface area contributed by atoms with Gasteiger partial charge in [0.1, 0.15) is 12.4 Å². The lowest BCUT2D eigenvalue weighted by Gasteiger charge is -2.08. The lowest BCUT2D eigenvalue weighted by Crippen LogP contribution is -2.03. The highest BCUT2D eigenvalue weighted by atomic mass is 35.5. The standard InChI is InChI=1S/C12H11ClFN3O/c13-9-5-7(1-4-10(9)14)12-16-15-11(6-18)17(12)8-2-3-8/h1,4-5,8,18H,2-3,6H2. The monoisotopic (exact) mass is 267 g/mol. The zero-order valence-electron chi connectivity index (χ0n) is 9.48. The van der Waals surface area contributed by atoms with Gasteiger partial charge >= 0.3 is 0 Å². The minimum atomic E-state index is -0.458. The number of aliphatic hydroxyl groups excluding tert-OH is 1. The van der Waals surface area contributed by atoms with Crippen molar-refractivity contribution >= 4 is 11.6 Å². The molecule has 1 aliphatic rings. The van der Waals surface area contributed by atoms with Crippen LogP contribution in [0.1, 0.15) is 24.7 Å². The summed E-state index contributed by atoms with van der Waals surface area (Å²) in [6.07, 6.45) is 2.10. The van der Waals surface area contributed by atoms with Crippen LogP contribution in [-0.2, 0) is 6.61 Å². The van der Waals surface area contributed by atoms with E-state index in [4.69, 9.17) is 11.6 Å². The Morgan fingerprint density at radius 3 is 2.78 bits per heavy atom. The van der Waals surface area contributed by atoms with Crippen LogP contribution in [0.4, 0.5) is 4.39 Å². The van der Waals surface area contributed by atoms with E-state index in [0.29, 0.717) is 23.3 Å². The highest BCUT2D eigenvalue weighted by molar-refractivity contribution is 6.31. The van der Waals surface area contributed by atoms with Gasteiger partial charge in [-0.15, -0.1) is 10.2 Å². The predicted molar refractivity (Wildman–Crippen MR) is 64.6 cm³/mol. The molecule has 1 aromatic heterocycles. The number of aromatic nitrogens is 3. The van der Waals surface area contributed by atoms with Gasteiger partial charge in [-0.3, -0.25) is 0 Å². The van der Waals surface area contributed by atoms with Gasteiger partial charge in [0, 0.05) is 11.6 Å². The fourth-order valence-corrected chi connectivity index (χ4v) is 2.16. The molecule has 3 rings (SSSR count). The van der Waals surface area contributed by atoms with Crippen LogP contribution in [0, 0.1) is 5.82 Å². The molecule has 1 N–H and O–H groups in total. The first kappa shape index (κ1) is 11.6. The summed E-state index contributed by atoms with van der Waals surface area (Å²) in [7, 11) is 0. The molecule has 0 bridgehead atoms. The van der Waals surface area contributed by atoms with Crippen LogP contribution >= 0.6 is 11.6 Å². The Morgan fingerprint density at radius 2 is 2.17 bits per heavy atom. The van der Waals surface area contributed by atoms with Gasteiger partial charge in [0.05, 0.1) is 5.02 Å². The number of halogens is 2. The van der Waals surface area contributed by atoms with Crippen LogP contribution in [-0.4, -0.2) is 19.9 Å². The summed E-state index contributed by atoms with van der Waals surface area (Å²) >= 11 is 5.77. The minimum absolute atomic E-state index is 0.0587. The fraction of sp³-hybridized carbons (Fsp3) is 0.333. The van der Waals surface area contributed by atoms with E-state index in [-0.39, 0.29) is 11.6 Å². The number of nitrogens with zero attached hydrogens (tertiary/aromatic N) is 3. The highest BCUT2D eigenvalue weighted by Crippen LogP contribution is 2.39. The summed E-state index contributed by atoms with van der Waals surface area (Å²) < 4.78 is 15.0. The Kier molecular flexibility index (Phi) is 2.80. The van der Waals surface area contributed by atoms with Gasteiger partial charge in [-0.2, -0.15) is 0 Å². The molecular formula is C12H11ClFN3O. The summed E-state index contributed by atoms with van der Waals surface area (Å²) in [5.41, 5.74) is 0.709. The number of hydrogen-bond acceptors (Lipinski definition) is 3. The molecule has 0 radical (unpaired) electrons. The molecular weight excluding hydrogens is 257 g/mol. The maximum absolute atomic E-state index is 13.1. The van der Waals surface area contributed by atoms with Crippen molar-refractivity contribution in [3.05, 3.63) is 34.9 Å². The summed E-state index contributed by atoms with van der Waals surface area (Å²) in [6.45, 7) is -0.154. The van der Waals surface area contributed by atoms with Crippen LogP contribution in [0.15, 0.2) is 18.2 Å². The molecule has 18 heavy (non-hydrogen) atoms. The minimum Gasteiger partial charge on any atom is -0.388 e. The summed E-state index contributed by atoms with van der Waals surface area (Å²) in [5, 5.41) is 17.3. The Balaban J connectivity index is 2.10. The van der Waals surface area contributed by atoms with E-state index in [1.54, 1.807) is 6.07 Å². The average molecular weight is 268 g/mol. The second kappa shape index (κ2) is 4.33. The number of hydrogen-bond donors (Lipinski definition) is 1. The molecule has 94 valence electrons. The van der Waals surface area contributed by atoms with E-state index in [0.717, 1.165) is 12.8 Å². The Labute approximate surface area is 108 Å². The first-order valence-electron chi connectivity index (χ1n) is 5.70. The molecule has 0 aliphatic heterocycles. The van der Waals surface area contributed by atoms with Crippen molar-refractivity contribution in [3.63, 3.8) is 0 Å². The lowest BCUT2D eigenvalue weighted by molar-refractivity contribution is 0.265. The van der Waals surface area contributed by atoms with Crippen molar-refractivity contribution in [2.75, 3.05) is 0 Å². The number of aliphatic hydroxyl groups is 1. The van der Waals surface area contributed by atoms with Crippen molar-refractivity contribution in [2.45, 2.75) is 25.5 Å². The molecule has 1 aromatic carbocycles. The van der Waals surface area contributed by atoms with Crippen molar-refractivity contribution < 1.29 is 9.50 Å². The fourth-order valence-electron chi connectivity index (χ4n) is 1.98. The third-order valence-corrected chi connectivity index (χ3v) is 3.29. The number of benzene rings is 1. The Morgan fingerprint density at radius 1 is 1.39 bits per heavy atom. The van der Waals surface area contributed by atoms with Crippen LogP contribution in [0.2, 0.25) is 5.02 Å². The smallest absolute Gasteiger partial charge is 0.164 e. The largest absolute Gasteiger partial charge is 0.388 e. The topological polar surface area (TPSA) is 50.9 Å². The van der Waals surface area contributed by atoms with Gasteiger partial charge < -0.3 is 9.67 Å². The molecule has 1 heterocycles. The summed E-state index contributed by atoms with van der Waals surface area (Å²) in [5.74, 6) is 0.705. The zero-order chi connectivity index (χ0) is 12.7. The molecule has 0 unspecified atom stereocenters. The second-order valence-corrected chi connectivity index (χ2v) is 4.74. The van der Waals surface area contributed by atoms with E-state index >= 15 is 0 Å². The Hall–Kier alpha value is -1.46. The van der Waals surface area contributed by atoms with Gasteiger partial charge in [0.25, 0.3) is 0 Å². The van der Waals surface area contributed by atoms with Crippen LogP contribution in [0.25, 0.3) is 11.4 Å². The first-order valence-corrected chi connectivity index (χ1v) is 6.08. The zero-order valence-corrected chi connectivity index (χ0v) is 10.2. The van der Waals surface area contributed by atoms with E-state index in [2.05, 4.69) is 10.2 Å². The SMILES string of the molecule is OCc1nnc(-c2ccc(F)c(Cl)c2)n1C1CC1. The van der Waals surface area contributed by atoms with Gasteiger partial charge in [0.2, 0.25) is 0 Å². The van der Waals surface area contributed by atoms with Crippen LogP contribution < -0.4 is 0 Å². The second-order valence-electron chi connectivity index (χ2n) is 4.33. The van der Waals surface area contributed by atoms with Crippen molar-refractivity contribution in [2.24, 2.45) is 0 Å². The van der Waals surface area contributed by atoms with Crippen LogP contribution in [0.3, 0.4) is 0 Å². The summed E-state index contributed by atoms with van der Waals surface area (Å²) in [4.78, 5) is 0. The maximum atomic E-state index is 13.1. The normalized spacial score (nSPS) is 15.1. The van der Waals surface area contributed by atoms with Gasteiger partial charge in [-0.25, -0.2) is 4.39 Å². The average Bonchev–Trinajstić information content (AvgIpc) is 3.12. The maximum Gasteiger partial charge on any atom is 0.164 e. The quantitative estimate of drug-likeness (QED) is 0.930. The molecule has 6 heteroatoms. The van der Waals surface area contributed by atoms with Crippen molar-refractivity contribution in [1.29, 1.82) is 0 Å². The van der Waals surface area contributed by atoms with Crippen molar-refractivity contribution in [1.82, 2.24) is 14.8 Å².